The third kappa shape index (κ3) is 2.94. The molecular formula is C12H17N. The Labute approximate surface area is 80.3 Å². The van der Waals surface area contributed by atoms with Crippen molar-refractivity contribution in [3.63, 3.8) is 0 Å². The molecule has 1 aromatic rings. The lowest BCUT2D eigenvalue weighted by atomic mass is 10.0. The van der Waals surface area contributed by atoms with Crippen LogP contribution in [-0.4, -0.2) is 0 Å². The summed E-state index contributed by atoms with van der Waals surface area (Å²) < 4.78 is 0. The van der Waals surface area contributed by atoms with Gasteiger partial charge in [0.15, 0.2) is 0 Å². The lowest BCUT2D eigenvalue weighted by Crippen LogP contribution is -1.98. The van der Waals surface area contributed by atoms with E-state index >= 15 is 0 Å². The maximum atomic E-state index is 5.53. The quantitative estimate of drug-likeness (QED) is 0.751. The molecule has 0 fully saturated rings. The van der Waals surface area contributed by atoms with Crippen LogP contribution in [-0.2, 0) is 6.42 Å². The fourth-order valence-electron chi connectivity index (χ4n) is 1.42. The Morgan fingerprint density at radius 3 is 2.62 bits per heavy atom. The summed E-state index contributed by atoms with van der Waals surface area (Å²) in [6.45, 7) is 7.95. The van der Waals surface area contributed by atoms with Gasteiger partial charge in [0, 0.05) is 5.70 Å². The van der Waals surface area contributed by atoms with Crippen molar-refractivity contribution in [3.8, 4) is 0 Å². The van der Waals surface area contributed by atoms with E-state index < -0.39 is 0 Å². The van der Waals surface area contributed by atoms with E-state index in [2.05, 4.69) is 38.6 Å². The molecule has 1 nitrogen and oxygen atoms in total. The zero-order chi connectivity index (χ0) is 9.84. The second-order valence-electron chi connectivity index (χ2n) is 3.59. The van der Waals surface area contributed by atoms with E-state index in [1.165, 1.54) is 16.7 Å². The highest BCUT2D eigenvalue weighted by atomic mass is 14.5. The molecule has 2 N–H and O–H groups in total. The molecule has 0 aliphatic rings. The largest absolute Gasteiger partial charge is 0.403 e. The van der Waals surface area contributed by atoms with Crippen LogP contribution in [0.2, 0.25) is 0 Å². The van der Waals surface area contributed by atoms with Gasteiger partial charge in [-0.2, -0.15) is 0 Å². The van der Waals surface area contributed by atoms with Crippen LogP contribution in [0.3, 0.4) is 0 Å². The van der Waals surface area contributed by atoms with Crippen molar-refractivity contribution in [2.24, 2.45) is 5.73 Å². The highest BCUT2D eigenvalue weighted by Gasteiger charge is 1.98. The molecule has 0 unspecified atom stereocenters. The van der Waals surface area contributed by atoms with Crippen LogP contribution < -0.4 is 5.73 Å². The lowest BCUT2D eigenvalue weighted by Gasteiger charge is -2.06. The normalized spacial score (nSPS) is 10.0. The molecule has 70 valence electrons. The predicted molar refractivity (Wildman–Crippen MR) is 57.6 cm³/mol. The first kappa shape index (κ1) is 9.85. The molecule has 0 bridgehead atoms. The molecule has 0 heterocycles. The fraction of sp³-hybridized carbons (Fsp3) is 0.333. The molecule has 1 aromatic carbocycles. The van der Waals surface area contributed by atoms with Gasteiger partial charge in [0.2, 0.25) is 0 Å². The Morgan fingerprint density at radius 2 is 2.08 bits per heavy atom. The molecule has 0 radical (unpaired) electrons. The molecular weight excluding hydrogens is 158 g/mol. The van der Waals surface area contributed by atoms with E-state index in [4.69, 9.17) is 5.73 Å². The summed E-state index contributed by atoms with van der Waals surface area (Å²) in [5.74, 6) is 0. The summed E-state index contributed by atoms with van der Waals surface area (Å²) in [4.78, 5) is 0. The lowest BCUT2D eigenvalue weighted by molar-refractivity contribution is 0.922. The van der Waals surface area contributed by atoms with E-state index in [0.717, 1.165) is 18.5 Å². The first-order chi connectivity index (χ1) is 6.09. The van der Waals surface area contributed by atoms with Crippen LogP contribution in [0.15, 0.2) is 30.5 Å². The van der Waals surface area contributed by atoms with Gasteiger partial charge in [0.05, 0.1) is 0 Å². The van der Waals surface area contributed by atoms with Crippen LogP contribution in [0.1, 0.15) is 23.1 Å². The fourth-order valence-corrected chi connectivity index (χ4v) is 1.42. The third-order valence-corrected chi connectivity index (χ3v) is 2.21. The molecule has 1 heteroatoms. The molecule has 13 heavy (non-hydrogen) atoms. The number of nitrogens with two attached hydrogens (primary N) is 1. The van der Waals surface area contributed by atoms with Crippen LogP contribution in [0, 0.1) is 13.8 Å². The van der Waals surface area contributed by atoms with Crippen molar-refractivity contribution >= 4 is 0 Å². The second kappa shape index (κ2) is 4.13. The monoisotopic (exact) mass is 175 g/mol. The Morgan fingerprint density at radius 1 is 1.38 bits per heavy atom. The van der Waals surface area contributed by atoms with E-state index in [-0.39, 0.29) is 0 Å². The van der Waals surface area contributed by atoms with Gasteiger partial charge in [0.1, 0.15) is 0 Å². The van der Waals surface area contributed by atoms with Crippen LogP contribution in [0.25, 0.3) is 0 Å². The minimum Gasteiger partial charge on any atom is -0.403 e. The molecule has 0 saturated carbocycles. The maximum Gasteiger partial charge on any atom is 0.00108 e. The number of rotatable bonds is 3. The van der Waals surface area contributed by atoms with Gasteiger partial charge < -0.3 is 5.73 Å². The van der Waals surface area contributed by atoms with Gasteiger partial charge >= 0.3 is 0 Å². The van der Waals surface area contributed by atoms with E-state index in [9.17, 15) is 0 Å². The predicted octanol–water partition coefficient (Wildman–Crippen LogP) is 2.71. The van der Waals surface area contributed by atoms with E-state index in [1.807, 2.05) is 0 Å². The average Bonchev–Trinajstić information content (AvgIpc) is 2.02. The maximum absolute atomic E-state index is 5.53. The summed E-state index contributed by atoms with van der Waals surface area (Å²) in [5.41, 5.74) is 10.3. The van der Waals surface area contributed by atoms with Crippen molar-refractivity contribution in [3.05, 3.63) is 47.2 Å². The summed E-state index contributed by atoms with van der Waals surface area (Å²) in [6, 6.07) is 6.52. The van der Waals surface area contributed by atoms with Gasteiger partial charge in [0.25, 0.3) is 0 Å². The molecule has 0 atom stereocenters. The minimum atomic E-state index is 0.764. The number of hydrogen-bond acceptors (Lipinski definition) is 1. The van der Waals surface area contributed by atoms with E-state index in [1.54, 1.807) is 0 Å². The average molecular weight is 175 g/mol. The number of benzene rings is 1. The summed E-state index contributed by atoms with van der Waals surface area (Å²) in [6.07, 6.45) is 1.88. The highest BCUT2D eigenvalue weighted by molar-refractivity contribution is 5.30. The molecule has 0 aromatic heterocycles. The van der Waals surface area contributed by atoms with Gasteiger partial charge in [-0.05, 0) is 37.8 Å². The summed E-state index contributed by atoms with van der Waals surface area (Å²) in [7, 11) is 0. The second-order valence-corrected chi connectivity index (χ2v) is 3.59. The zero-order valence-electron chi connectivity index (χ0n) is 8.43. The zero-order valence-corrected chi connectivity index (χ0v) is 8.43. The molecule has 0 saturated heterocycles. The topological polar surface area (TPSA) is 26.0 Å². The standard InChI is InChI=1S/C12H17N/c1-9-4-6-12(10(2)8-9)7-5-11(3)13/h4,6,8H,3,5,7,13H2,1-2H3. The van der Waals surface area contributed by atoms with Crippen molar-refractivity contribution in [1.82, 2.24) is 0 Å². The first-order valence-corrected chi connectivity index (χ1v) is 4.59. The van der Waals surface area contributed by atoms with Crippen molar-refractivity contribution in [2.45, 2.75) is 26.7 Å². The minimum absolute atomic E-state index is 0.764. The Balaban J connectivity index is 2.72. The third-order valence-electron chi connectivity index (χ3n) is 2.21. The van der Waals surface area contributed by atoms with Gasteiger partial charge in [-0.3, -0.25) is 0 Å². The highest BCUT2D eigenvalue weighted by Crippen LogP contribution is 2.13. The van der Waals surface area contributed by atoms with Crippen molar-refractivity contribution in [2.75, 3.05) is 0 Å². The van der Waals surface area contributed by atoms with Crippen molar-refractivity contribution < 1.29 is 0 Å². The SMILES string of the molecule is C=C(N)CCc1ccc(C)cc1C. The van der Waals surface area contributed by atoms with Crippen LogP contribution >= 0.6 is 0 Å². The first-order valence-electron chi connectivity index (χ1n) is 4.59. The summed E-state index contributed by atoms with van der Waals surface area (Å²) in [5, 5.41) is 0. The van der Waals surface area contributed by atoms with Crippen LogP contribution in [0.4, 0.5) is 0 Å². The van der Waals surface area contributed by atoms with Gasteiger partial charge in [-0.25, -0.2) is 0 Å². The smallest absolute Gasteiger partial charge is 0.00108 e. The molecule has 0 aliphatic carbocycles. The molecule has 1 rings (SSSR count). The number of aryl methyl sites for hydroxylation is 3. The molecule has 0 spiro atoms. The van der Waals surface area contributed by atoms with Crippen molar-refractivity contribution in [1.29, 1.82) is 0 Å². The number of hydrogen-bond donors (Lipinski definition) is 1. The van der Waals surface area contributed by atoms with Gasteiger partial charge in [-0.1, -0.05) is 30.3 Å². The number of allylic oxidation sites excluding steroid dienone is 1. The Hall–Kier alpha value is -1.24. The van der Waals surface area contributed by atoms with E-state index in [0.29, 0.717) is 0 Å². The Kier molecular flexibility index (Phi) is 3.13. The summed E-state index contributed by atoms with van der Waals surface area (Å²) >= 11 is 0. The molecule has 0 aliphatic heterocycles. The molecule has 0 amide bonds. The Bertz CT molecular complexity index is 313. The van der Waals surface area contributed by atoms with Crippen LogP contribution in [0.5, 0.6) is 0 Å². The van der Waals surface area contributed by atoms with Gasteiger partial charge in [-0.15, -0.1) is 0 Å².